The Labute approximate surface area is 127 Å². The summed E-state index contributed by atoms with van der Waals surface area (Å²) in [6.45, 7) is 7.41. The Bertz CT molecular complexity index is 577. The highest BCUT2D eigenvalue weighted by atomic mass is 35.5. The summed E-state index contributed by atoms with van der Waals surface area (Å²) in [7, 11) is 0. The molecule has 0 saturated carbocycles. The first-order valence-electron chi connectivity index (χ1n) is 7.15. The van der Waals surface area contributed by atoms with Gasteiger partial charge in [-0.2, -0.15) is 0 Å². The molecule has 0 aliphatic heterocycles. The molecule has 106 valence electrons. The predicted octanol–water partition coefficient (Wildman–Crippen LogP) is 4.85. The first-order valence-corrected chi connectivity index (χ1v) is 7.53. The van der Waals surface area contributed by atoms with Crippen LogP contribution in [0.25, 0.3) is 0 Å². The molecule has 0 saturated heterocycles. The summed E-state index contributed by atoms with van der Waals surface area (Å²) in [5.41, 5.74) is 5.31. The van der Waals surface area contributed by atoms with Crippen LogP contribution in [0.5, 0.6) is 0 Å². The van der Waals surface area contributed by atoms with Crippen LogP contribution in [0.15, 0.2) is 42.5 Å². The lowest BCUT2D eigenvalue weighted by molar-refractivity contribution is 0.546. The van der Waals surface area contributed by atoms with Gasteiger partial charge >= 0.3 is 0 Å². The lowest BCUT2D eigenvalue weighted by Crippen LogP contribution is -2.24. The number of rotatable bonds is 5. The van der Waals surface area contributed by atoms with Crippen molar-refractivity contribution in [2.45, 2.75) is 33.2 Å². The van der Waals surface area contributed by atoms with Crippen molar-refractivity contribution in [1.29, 1.82) is 0 Å². The SMILES string of the molecule is CCNC(Cc1ccccc1C)c1cc(Cl)ccc1C. The third-order valence-electron chi connectivity index (χ3n) is 3.75. The summed E-state index contributed by atoms with van der Waals surface area (Å²) in [6.07, 6.45) is 0.988. The third kappa shape index (κ3) is 3.62. The Morgan fingerprint density at radius 1 is 1.05 bits per heavy atom. The van der Waals surface area contributed by atoms with Gasteiger partial charge in [-0.05, 0) is 61.2 Å². The summed E-state index contributed by atoms with van der Waals surface area (Å²) in [5, 5.41) is 4.39. The topological polar surface area (TPSA) is 12.0 Å². The third-order valence-corrected chi connectivity index (χ3v) is 3.99. The quantitative estimate of drug-likeness (QED) is 0.829. The predicted molar refractivity (Wildman–Crippen MR) is 87.5 cm³/mol. The maximum Gasteiger partial charge on any atom is 0.0409 e. The van der Waals surface area contributed by atoms with Gasteiger partial charge in [-0.25, -0.2) is 0 Å². The van der Waals surface area contributed by atoms with Crippen LogP contribution in [0, 0.1) is 13.8 Å². The van der Waals surface area contributed by atoms with Crippen molar-refractivity contribution in [1.82, 2.24) is 5.32 Å². The van der Waals surface area contributed by atoms with Crippen molar-refractivity contribution in [2.24, 2.45) is 0 Å². The average Bonchev–Trinajstić information content (AvgIpc) is 2.43. The first kappa shape index (κ1) is 15.1. The highest BCUT2D eigenvalue weighted by molar-refractivity contribution is 6.30. The molecule has 1 N–H and O–H groups in total. The molecule has 0 aliphatic carbocycles. The Hall–Kier alpha value is -1.31. The Balaban J connectivity index is 2.32. The molecular formula is C18H22ClN. The highest BCUT2D eigenvalue weighted by Crippen LogP contribution is 2.26. The van der Waals surface area contributed by atoms with E-state index < -0.39 is 0 Å². The summed E-state index contributed by atoms with van der Waals surface area (Å²) in [5.74, 6) is 0. The number of aryl methyl sites for hydroxylation is 2. The lowest BCUT2D eigenvalue weighted by atomic mass is 9.93. The fourth-order valence-electron chi connectivity index (χ4n) is 2.58. The molecule has 2 rings (SSSR count). The number of benzene rings is 2. The van der Waals surface area contributed by atoms with Gasteiger partial charge in [-0.1, -0.05) is 48.9 Å². The van der Waals surface area contributed by atoms with E-state index in [0.29, 0.717) is 6.04 Å². The summed E-state index contributed by atoms with van der Waals surface area (Å²) < 4.78 is 0. The second-order valence-corrected chi connectivity index (χ2v) is 5.68. The van der Waals surface area contributed by atoms with Crippen LogP contribution in [0.1, 0.15) is 35.2 Å². The molecule has 20 heavy (non-hydrogen) atoms. The van der Waals surface area contributed by atoms with Crippen LogP contribution >= 0.6 is 11.6 Å². The van der Waals surface area contributed by atoms with E-state index in [4.69, 9.17) is 11.6 Å². The van der Waals surface area contributed by atoms with E-state index in [-0.39, 0.29) is 0 Å². The van der Waals surface area contributed by atoms with Gasteiger partial charge in [0.05, 0.1) is 0 Å². The van der Waals surface area contributed by atoms with E-state index in [0.717, 1.165) is 18.0 Å². The van der Waals surface area contributed by atoms with Gasteiger partial charge < -0.3 is 5.32 Å². The summed E-state index contributed by atoms with van der Waals surface area (Å²) in [6, 6.07) is 15.0. The van der Waals surface area contributed by atoms with Crippen molar-refractivity contribution in [3.05, 3.63) is 69.7 Å². The van der Waals surface area contributed by atoms with Crippen molar-refractivity contribution >= 4 is 11.6 Å². The van der Waals surface area contributed by atoms with E-state index >= 15 is 0 Å². The largest absolute Gasteiger partial charge is 0.310 e. The lowest BCUT2D eigenvalue weighted by Gasteiger charge is -2.21. The van der Waals surface area contributed by atoms with Gasteiger partial charge in [-0.3, -0.25) is 0 Å². The van der Waals surface area contributed by atoms with E-state index in [1.165, 1.54) is 22.3 Å². The van der Waals surface area contributed by atoms with Crippen LogP contribution in [0.2, 0.25) is 5.02 Å². The molecule has 2 aromatic carbocycles. The minimum absolute atomic E-state index is 0.305. The molecule has 0 bridgehead atoms. The summed E-state index contributed by atoms with van der Waals surface area (Å²) >= 11 is 6.17. The maximum absolute atomic E-state index is 6.17. The van der Waals surface area contributed by atoms with Crippen LogP contribution < -0.4 is 5.32 Å². The van der Waals surface area contributed by atoms with Crippen molar-refractivity contribution in [2.75, 3.05) is 6.54 Å². The minimum atomic E-state index is 0.305. The normalized spacial score (nSPS) is 12.4. The molecule has 0 aromatic heterocycles. The molecule has 0 radical (unpaired) electrons. The van der Waals surface area contributed by atoms with Gasteiger partial charge in [0.1, 0.15) is 0 Å². The fraction of sp³-hybridized carbons (Fsp3) is 0.333. The van der Waals surface area contributed by atoms with Gasteiger partial charge in [0.2, 0.25) is 0 Å². The molecule has 1 nitrogen and oxygen atoms in total. The van der Waals surface area contributed by atoms with Gasteiger partial charge in [0, 0.05) is 11.1 Å². The van der Waals surface area contributed by atoms with Crippen LogP contribution in [-0.2, 0) is 6.42 Å². The average molecular weight is 288 g/mol. The van der Waals surface area contributed by atoms with Gasteiger partial charge in [0.15, 0.2) is 0 Å². The van der Waals surface area contributed by atoms with Crippen LogP contribution in [0.4, 0.5) is 0 Å². The molecule has 0 amide bonds. The standard InChI is InChI=1S/C18H22ClN/c1-4-20-18(11-15-8-6-5-7-13(15)2)17-12-16(19)10-9-14(17)3/h5-10,12,18,20H,4,11H2,1-3H3. The molecular weight excluding hydrogens is 266 g/mol. The zero-order valence-corrected chi connectivity index (χ0v) is 13.2. The number of nitrogens with one attached hydrogen (secondary N) is 1. The molecule has 0 spiro atoms. The smallest absolute Gasteiger partial charge is 0.0409 e. The number of hydrogen-bond donors (Lipinski definition) is 1. The van der Waals surface area contributed by atoms with Gasteiger partial charge in [-0.15, -0.1) is 0 Å². The second-order valence-electron chi connectivity index (χ2n) is 5.24. The van der Waals surface area contributed by atoms with Crippen LogP contribution in [-0.4, -0.2) is 6.54 Å². The number of likely N-dealkylation sites (N-methyl/N-ethyl adjacent to an activating group) is 1. The summed E-state index contributed by atoms with van der Waals surface area (Å²) in [4.78, 5) is 0. The minimum Gasteiger partial charge on any atom is -0.310 e. The first-order chi connectivity index (χ1) is 9.61. The zero-order chi connectivity index (χ0) is 14.5. The molecule has 0 fully saturated rings. The van der Waals surface area contributed by atoms with E-state index in [1.54, 1.807) is 0 Å². The second kappa shape index (κ2) is 6.92. The Kier molecular flexibility index (Phi) is 5.22. The number of hydrogen-bond acceptors (Lipinski definition) is 1. The van der Waals surface area contributed by atoms with E-state index in [9.17, 15) is 0 Å². The molecule has 2 heteroatoms. The van der Waals surface area contributed by atoms with Crippen molar-refractivity contribution in [3.8, 4) is 0 Å². The van der Waals surface area contributed by atoms with E-state index in [2.05, 4.69) is 62.5 Å². The Morgan fingerprint density at radius 2 is 1.80 bits per heavy atom. The number of halogens is 1. The molecule has 1 atom stereocenters. The Morgan fingerprint density at radius 3 is 2.50 bits per heavy atom. The highest BCUT2D eigenvalue weighted by Gasteiger charge is 2.14. The van der Waals surface area contributed by atoms with Gasteiger partial charge in [0.25, 0.3) is 0 Å². The molecule has 1 unspecified atom stereocenters. The van der Waals surface area contributed by atoms with Crippen LogP contribution in [0.3, 0.4) is 0 Å². The molecule has 2 aromatic rings. The monoisotopic (exact) mass is 287 g/mol. The van der Waals surface area contributed by atoms with Crippen molar-refractivity contribution < 1.29 is 0 Å². The maximum atomic E-state index is 6.17. The molecule has 0 aliphatic rings. The molecule has 0 heterocycles. The zero-order valence-electron chi connectivity index (χ0n) is 12.4. The van der Waals surface area contributed by atoms with Crippen molar-refractivity contribution in [3.63, 3.8) is 0 Å². The fourth-order valence-corrected chi connectivity index (χ4v) is 2.76. The van der Waals surface area contributed by atoms with E-state index in [1.807, 2.05) is 6.07 Å².